The van der Waals surface area contributed by atoms with Crippen molar-refractivity contribution in [1.82, 2.24) is 10.2 Å². The SMILES string of the molecule is O=C(CC1CC2CCC(C1)N2)N(CCO)CC(F)(F)F. The highest BCUT2D eigenvalue weighted by Gasteiger charge is 2.37. The number of piperidine rings is 1. The summed E-state index contributed by atoms with van der Waals surface area (Å²) in [4.78, 5) is 12.7. The lowest BCUT2D eigenvalue weighted by Gasteiger charge is -2.31. The zero-order valence-electron chi connectivity index (χ0n) is 11.3. The van der Waals surface area contributed by atoms with E-state index < -0.39 is 25.2 Å². The number of nitrogens with zero attached hydrogens (tertiary/aromatic N) is 1. The van der Waals surface area contributed by atoms with Crippen LogP contribution in [-0.4, -0.2) is 53.9 Å². The Balaban J connectivity index is 1.87. The van der Waals surface area contributed by atoms with Crippen LogP contribution in [0, 0.1) is 5.92 Å². The van der Waals surface area contributed by atoms with Gasteiger partial charge in [-0.25, -0.2) is 0 Å². The normalized spacial score (nSPS) is 29.5. The fourth-order valence-electron chi connectivity index (χ4n) is 3.35. The summed E-state index contributed by atoms with van der Waals surface area (Å²) in [5.74, 6) is -0.335. The van der Waals surface area contributed by atoms with Crippen molar-refractivity contribution >= 4 is 5.91 Å². The summed E-state index contributed by atoms with van der Waals surface area (Å²) in [5.41, 5.74) is 0. The third-order valence-electron chi connectivity index (χ3n) is 4.13. The molecule has 20 heavy (non-hydrogen) atoms. The molecule has 0 aliphatic carbocycles. The highest BCUT2D eigenvalue weighted by atomic mass is 19.4. The Morgan fingerprint density at radius 3 is 2.35 bits per heavy atom. The number of aliphatic hydroxyl groups is 1. The predicted molar refractivity (Wildman–Crippen MR) is 67.0 cm³/mol. The van der Waals surface area contributed by atoms with Crippen molar-refractivity contribution in [2.45, 2.75) is 50.4 Å². The van der Waals surface area contributed by atoms with E-state index in [2.05, 4.69) is 5.32 Å². The molecule has 2 N–H and O–H groups in total. The number of hydrogen-bond donors (Lipinski definition) is 2. The van der Waals surface area contributed by atoms with E-state index in [0.717, 1.165) is 30.6 Å². The summed E-state index contributed by atoms with van der Waals surface area (Å²) in [5, 5.41) is 12.3. The summed E-state index contributed by atoms with van der Waals surface area (Å²) < 4.78 is 37.2. The van der Waals surface area contributed by atoms with Gasteiger partial charge >= 0.3 is 6.18 Å². The number of fused-ring (bicyclic) bond motifs is 2. The standard InChI is InChI=1S/C13H21F3N2O2/c14-13(15,16)8-18(3-4-19)12(20)7-9-5-10-1-2-11(6-9)17-10/h9-11,17,19H,1-8H2. The average molecular weight is 294 g/mol. The first kappa shape index (κ1) is 15.6. The molecule has 2 heterocycles. The largest absolute Gasteiger partial charge is 0.406 e. The molecule has 7 heteroatoms. The van der Waals surface area contributed by atoms with Crippen LogP contribution in [-0.2, 0) is 4.79 Å². The Bertz CT molecular complexity index is 337. The van der Waals surface area contributed by atoms with E-state index in [-0.39, 0.29) is 18.9 Å². The van der Waals surface area contributed by atoms with Crippen molar-refractivity contribution in [2.75, 3.05) is 19.7 Å². The molecule has 2 fully saturated rings. The second-order valence-corrected chi connectivity index (χ2v) is 5.83. The zero-order chi connectivity index (χ0) is 14.8. The number of amides is 1. The molecule has 0 aromatic rings. The van der Waals surface area contributed by atoms with Gasteiger partial charge in [-0.3, -0.25) is 4.79 Å². The lowest BCUT2D eigenvalue weighted by atomic mass is 9.89. The van der Waals surface area contributed by atoms with Gasteiger partial charge in [0.15, 0.2) is 0 Å². The summed E-state index contributed by atoms with van der Waals surface area (Å²) in [6.07, 6.45) is -0.346. The lowest BCUT2D eigenvalue weighted by Crippen LogP contribution is -2.43. The van der Waals surface area contributed by atoms with Gasteiger partial charge in [-0.05, 0) is 31.6 Å². The fraction of sp³-hybridized carbons (Fsp3) is 0.923. The fourth-order valence-corrected chi connectivity index (χ4v) is 3.35. The van der Waals surface area contributed by atoms with E-state index in [1.165, 1.54) is 0 Å². The molecule has 116 valence electrons. The summed E-state index contributed by atoms with van der Waals surface area (Å²) >= 11 is 0. The van der Waals surface area contributed by atoms with Crippen molar-refractivity contribution in [3.63, 3.8) is 0 Å². The minimum atomic E-state index is -4.42. The van der Waals surface area contributed by atoms with Crippen LogP contribution >= 0.6 is 0 Å². The number of rotatable bonds is 5. The summed E-state index contributed by atoms with van der Waals surface area (Å²) in [6, 6.07) is 0.834. The molecule has 2 saturated heterocycles. The van der Waals surface area contributed by atoms with Gasteiger partial charge in [0.25, 0.3) is 0 Å². The predicted octanol–water partition coefficient (Wildman–Crippen LogP) is 1.29. The molecule has 2 aliphatic rings. The van der Waals surface area contributed by atoms with Gasteiger partial charge in [0.05, 0.1) is 6.61 Å². The van der Waals surface area contributed by atoms with Gasteiger partial charge in [0, 0.05) is 25.0 Å². The van der Waals surface area contributed by atoms with E-state index in [1.54, 1.807) is 0 Å². The molecule has 2 unspecified atom stereocenters. The van der Waals surface area contributed by atoms with Crippen LogP contribution in [0.1, 0.15) is 32.1 Å². The third kappa shape index (κ3) is 4.34. The molecule has 2 atom stereocenters. The Hall–Kier alpha value is -0.820. The van der Waals surface area contributed by atoms with Gasteiger partial charge < -0.3 is 15.3 Å². The van der Waals surface area contributed by atoms with E-state index in [4.69, 9.17) is 5.11 Å². The van der Waals surface area contributed by atoms with Crippen LogP contribution < -0.4 is 5.32 Å². The number of nitrogens with one attached hydrogen (secondary N) is 1. The maximum absolute atomic E-state index is 12.4. The Kier molecular flexibility index (Phi) is 4.90. The highest BCUT2D eigenvalue weighted by molar-refractivity contribution is 5.76. The van der Waals surface area contributed by atoms with Gasteiger partial charge in [-0.1, -0.05) is 0 Å². The monoisotopic (exact) mass is 294 g/mol. The van der Waals surface area contributed by atoms with Crippen molar-refractivity contribution in [2.24, 2.45) is 5.92 Å². The Morgan fingerprint density at radius 2 is 1.85 bits per heavy atom. The van der Waals surface area contributed by atoms with E-state index in [9.17, 15) is 18.0 Å². The van der Waals surface area contributed by atoms with Crippen molar-refractivity contribution in [3.05, 3.63) is 0 Å². The van der Waals surface area contributed by atoms with Gasteiger partial charge in [0.2, 0.25) is 5.91 Å². The second-order valence-electron chi connectivity index (χ2n) is 5.83. The van der Waals surface area contributed by atoms with Gasteiger partial charge in [-0.2, -0.15) is 13.2 Å². The van der Waals surface area contributed by atoms with Crippen molar-refractivity contribution in [1.29, 1.82) is 0 Å². The number of aliphatic hydroxyl groups excluding tert-OH is 1. The van der Waals surface area contributed by atoms with Gasteiger partial charge in [-0.15, -0.1) is 0 Å². The molecule has 2 bridgehead atoms. The van der Waals surface area contributed by atoms with Crippen molar-refractivity contribution in [3.8, 4) is 0 Å². The van der Waals surface area contributed by atoms with Crippen LogP contribution in [0.25, 0.3) is 0 Å². The van der Waals surface area contributed by atoms with Crippen LogP contribution in [0.3, 0.4) is 0 Å². The summed E-state index contributed by atoms with van der Waals surface area (Å²) in [6.45, 7) is -1.97. The first-order valence-corrected chi connectivity index (χ1v) is 7.09. The molecule has 0 spiro atoms. The molecule has 0 saturated carbocycles. The summed E-state index contributed by atoms with van der Waals surface area (Å²) in [7, 11) is 0. The Morgan fingerprint density at radius 1 is 1.25 bits per heavy atom. The molecule has 4 nitrogen and oxygen atoms in total. The first-order valence-electron chi connectivity index (χ1n) is 7.09. The molecular formula is C13H21F3N2O2. The molecular weight excluding hydrogens is 273 g/mol. The van der Waals surface area contributed by atoms with Crippen molar-refractivity contribution < 1.29 is 23.1 Å². The van der Waals surface area contributed by atoms with E-state index in [0.29, 0.717) is 12.1 Å². The molecule has 2 aliphatic heterocycles. The molecule has 0 radical (unpaired) electrons. The second kappa shape index (κ2) is 6.30. The number of hydrogen-bond acceptors (Lipinski definition) is 3. The topological polar surface area (TPSA) is 52.6 Å². The highest BCUT2D eigenvalue weighted by Crippen LogP contribution is 2.33. The van der Waals surface area contributed by atoms with Gasteiger partial charge in [0.1, 0.15) is 6.54 Å². The number of carbonyl (C=O) groups is 1. The smallest absolute Gasteiger partial charge is 0.395 e. The molecule has 2 rings (SSSR count). The number of carbonyl (C=O) groups excluding carboxylic acids is 1. The van der Waals surface area contributed by atoms with Crippen LogP contribution in [0.2, 0.25) is 0 Å². The van der Waals surface area contributed by atoms with E-state index in [1.807, 2.05) is 0 Å². The van der Waals surface area contributed by atoms with E-state index >= 15 is 0 Å². The quantitative estimate of drug-likeness (QED) is 0.803. The average Bonchev–Trinajstić information content (AvgIpc) is 2.66. The third-order valence-corrected chi connectivity index (χ3v) is 4.13. The number of halogens is 3. The molecule has 0 aromatic carbocycles. The Labute approximate surface area is 116 Å². The number of alkyl halides is 3. The maximum atomic E-state index is 12.4. The van der Waals surface area contributed by atoms with Crippen LogP contribution in [0.15, 0.2) is 0 Å². The minimum absolute atomic E-state index is 0.157. The first-order chi connectivity index (χ1) is 9.37. The zero-order valence-corrected chi connectivity index (χ0v) is 11.3. The molecule has 0 aromatic heterocycles. The minimum Gasteiger partial charge on any atom is -0.395 e. The lowest BCUT2D eigenvalue weighted by molar-refractivity contribution is -0.162. The maximum Gasteiger partial charge on any atom is 0.406 e. The van der Waals surface area contributed by atoms with Crippen LogP contribution in [0.5, 0.6) is 0 Å². The molecule has 1 amide bonds. The van der Waals surface area contributed by atoms with Crippen LogP contribution in [0.4, 0.5) is 13.2 Å².